The molecular formula is C21H23FN2O4. The maximum atomic E-state index is 13.5. The molecule has 1 N–H and O–H groups in total. The predicted molar refractivity (Wildman–Crippen MR) is 103 cm³/mol. The van der Waals surface area contributed by atoms with Crippen molar-refractivity contribution in [3.05, 3.63) is 58.8 Å². The molecule has 7 heteroatoms. The van der Waals surface area contributed by atoms with Crippen LogP contribution in [0.15, 0.2) is 30.5 Å². The fourth-order valence-corrected chi connectivity index (χ4v) is 3.60. The fourth-order valence-electron chi connectivity index (χ4n) is 3.60. The number of H-pyrrole nitrogens is 1. The lowest BCUT2D eigenvalue weighted by Crippen LogP contribution is -2.17. The van der Waals surface area contributed by atoms with Crippen molar-refractivity contribution < 1.29 is 23.5 Å². The number of benzene rings is 1. The van der Waals surface area contributed by atoms with E-state index in [1.807, 2.05) is 25.3 Å². The first kappa shape index (κ1) is 19.8. The second-order valence-corrected chi connectivity index (χ2v) is 6.85. The van der Waals surface area contributed by atoms with Gasteiger partial charge in [0.05, 0.1) is 18.2 Å². The Morgan fingerprint density at radius 2 is 1.96 bits per heavy atom. The number of aromatic nitrogens is 2. The number of Topliss-reactive ketones (excluding diaryl/α,β-unsaturated/α-hetero) is 1. The van der Waals surface area contributed by atoms with Crippen LogP contribution in [0.4, 0.5) is 4.39 Å². The summed E-state index contributed by atoms with van der Waals surface area (Å²) in [4.78, 5) is 27.9. The zero-order valence-corrected chi connectivity index (χ0v) is 16.3. The minimum absolute atomic E-state index is 0.0789. The highest BCUT2D eigenvalue weighted by molar-refractivity contribution is 6.05. The molecule has 0 fully saturated rings. The lowest BCUT2D eigenvalue weighted by atomic mass is 10.1. The number of hydrogen-bond donors (Lipinski definition) is 1. The highest BCUT2D eigenvalue weighted by atomic mass is 19.1. The third kappa shape index (κ3) is 3.71. The molecule has 0 saturated heterocycles. The van der Waals surface area contributed by atoms with E-state index < -0.39 is 11.8 Å². The second kappa shape index (κ2) is 7.98. The van der Waals surface area contributed by atoms with Gasteiger partial charge in [-0.05, 0) is 45.0 Å². The number of nitrogens with zero attached hydrogens (tertiary/aromatic N) is 1. The Bertz CT molecular complexity index is 1030. The summed E-state index contributed by atoms with van der Waals surface area (Å²) in [6.07, 6.45) is 1.45. The molecule has 0 aliphatic rings. The van der Waals surface area contributed by atoms with Crippen LogP contribution in [-0.2, 0) is 9.47 Å². The van der Waals surface area contributed by atoms with Crippen molar-refractivity contribution in [3.8, 4) is 0 Å². The van der Waals surface area contributed by atoms with Gasteiger partial charge in [-0.1, -0.05) is 0 Å². The summed E-state index contributed by atoms with van der Waals surface area (Å²) in [7, 11) is 1.63. The molecule has 2 heterocycles. The highest BCUT2D eigenvalue weighted by Gasteiger charge is 2.21. The van der Waals surface area contributed by atoms with E-state index in [1.165, 1.54) is 18.3 Å². The van der Waals surface area contributed by atoms with Gasteiger partial charge in [-0.3, -0.25) is 4.79 Å². The van der Waals surface area contributed by atoms with Crippen LogP contribution in [-0.4, -0.2) is 41.6 Å². The molecule has 0 bridgehead atoms. The number of carbonyl (C=O) groups is 2. The molecule has 1 atom stereocenters. The average molecular weight is 386 g/mol. The number of carbonyl (C=O) groups excluding carboxylic acids is 2. The first-order valence-electron chi connectivity index (χ1n) is 8.97. The Kier molecular flexibility index (Phi) is 5.65. The standard InChI is InChI=1S/C21H23FN2O4/c1-12-7-16(14(3)24(12)13(2)10-27-4)20(25)11-28-21(26)18-9-23-19-6-5-15(22)8-17(18)19/h5-9,13,23H,10-11H2,1-4H3/t13-/m0/s1. The molecule has 1 aromatic carbocycles. The van der Waals surface area contributed by atoms with E-state index in [0.717, 1.165) is 11.4 Å². The van der Waals surface area contributed by atoms with Crippen LogP contribution in [0, 0.1) is 19.7 Å². The number of methoxy groups -OCH3 is 1. The Hall–Kier alpha value is -2.93. The Labute approximate surface area is 162 Å². The lowest BCUT2D eigenvalue weighted by molar-refractivity contribution is 0.0476. The lowest BCUT2D eigenvalue weighted by Gasteiger charge is -2.17. The molecule has 0 unspecified atom stereocenters. The number of aryl methyl sites for hydroxylation is 1. The largest absolute Gasteiger partial charge is 0.454 e. The van der Waals surface area contributed by atoms with E-state index in [4.69, 9.17) is 9.47 Å². The molecule has 3 rings (SSSR count). The van der Waals surface area contributed by atoms with Gasteiger partial charge in [-0.2, -0.15) is 0 Å². The summed E-state index contributed by atoms with van der Waals surface area (Å²) in [5, 5.41) is 0.420. The van der Waals surface area contributed by atoms with Crippen LogP contribution in [0.25, 0.3) is 10.9 Å². The van der Waals surface area contributed by atoms with Crippen molar-refractivity contribution in [2.24, 2.45) is 0 Å². The monoisotopic (exact) mass is 386 g/mol. The SMILES string of the molecule is COC[C@H](C)n1c(C)cc(C(=O)COC(=O)c2c[nH]c3ccc(F)cc23)c1C. The number of ketones is 1. The molecule has 3 aromatic rings. The first-order chi connectivity index (χ1) is 13.3. The molecule has 0 radical (unpaired) electrons. The van der Waals surface area contributed by atoms with Gasteiger partial charge in [0.1, 0.15) is 5.82 Å². The first-order valence-corrected chi connectivity index (χ1v) is 8.97. The van der Waals surface area contributed by atoms with E-state index in [-0.39, 0.29) is 24.0 Å². The van der Waals surface area contributed by atoms with Crippen molar-refractivity contribution in [2.45, 2.75) is 26.8 Å². The zero-order chi connectivity index (χ0) is 20.4. The predicted octanol–water partition coefficient (Wildman–Crippen LogP) is 3.97. The summed E-state index contributed by atoms with van der Waals surface area (Å²) in [6.45, 7) is 5.92. The maximum absolute atomic E-state index is 13.5. The summed E-state index contributed by atoms with van der Waals surface area (Å²) >= 11 is 0. The maximum Gasteiger partial charge on any atom is 0.340 e. The number of aromatic amines is 1. The molecule has 0 amide bonds. The molecule has 2 aromatic heterocycles. The number of halogens is 1. The van der Waals surface area contributed by atoms with Crippen LogP contribution < -0.4 is 0 Å². The molecule has 6 nitrogen and oxygen atoms in total. The van der Waals surface area contributed by atoms with E-state index in [2.05, 4.69) is 4.98 Å². The third-order valence-corrected chi connectivity index (χ3v) is 4.83. The minimum Gasteiger partial charge on any atom is -0.454 e. The van der Waals surface area contributed by atoms with Gasteiger partial charge in [0.25, 0.3) is 0 Å². The van der Waals surface area contributed by atoms with Crippen molar-refractivity contribution in [1.82, 2.24) is 9.55 Å². The second-order valence-electron chi connectivity index (χ2n) is 6.85. The van der Waals surface area contributed by atoms with Gasteiger partial charge >= 0.3 is 5.97 Å². The quantitative estimate of drug-likeness (QED) is 0.493. The molecule has 0 saturated carbocycles. The van der Waals surface area contributed by atoms with Crippen LogP contribution in [0.2, 0.25) is 0 Å². The van der Waals surface area contributed by atoms with Crippen LogP contribution >= 0.6 is 0 Å². The van der Waals surface area contributed by atoms with Crippen LogP contribution in [0.3, 0.4) is 0 Å². The van der Waals surface area contributed by atoms with Gasteiger partial charge in [0, 0.05) is 41.2 Å². The summed E-state index contributed by atoms with van der Waals surface area (Å²) in [5.74, 6) is -1.41. The third-order valence-electron chi connectivity index (χ3n) is 4.83. The number of hydrogen-bond acceptors (Lipinski definition) is 4. The Balaban J connectivity index is 1.74. The van der Waals surface area contributed by atoms with Gasteiger partial charge in [0.15, 0.2) is 6.61 Å². The van der Waals surface area contributed by atoms with E-state index >= 15 is 0 Å². The van der Waals surface area contributed by atoms with Crippen molar-refractivity contribution >= 4 is 22.7 Å². The Morgan fingerprint density at radius 1 is 1.21 bits per heavy atom. The summed E-state index contributed by atoms with van der Waals surface area (Å²) in [5.41, 5.74) is 3.07. The fraction of sp³-hybridized carbons (Fsp3) is 0.333. The van der Waals surface area contributed by atoms with Crippen molar-refractivity contribution in [2.75, 3.05) is 20.3 Å². The molecule has 0 spiro atoms. The van der Waals surface area contributed by atoms with E-state index in [1.54, 1.807) is 19.2 Å². The molecule has 28 heavy (non-hydrogen) atoms. The number of fused-ring (bicyclic) bond motifs is 1. The highest BCUT2D eigenvalue weighted by Crippen LogP contribution is 2.22. The smallest absolute Gasteiger partial charge is 0.340 e. The number of nitrogens with one attached hydrogen (secondary N) is 1. The van der Waals surface area contributed by atoms with Crippen molar-refractivity contribution in [3.63, 3.8) is 0 Å². The van der Waals surface area contributed by atoms with Gasteiger partial charge in [-0.25, -0.2) is 9.18 Å². The minimum atomic E-state index is -0.674. The topological polar surface area (TPSA) is 73.3 Å². The van der Waals surface area contributed by atoms with Gasteiger partial charge in [-0.15, -0.1) is 0 Å². The molecular weight excluding hydrogens is 363 g/mol. The van der Waals surface area contributed by atoms with Crippen LogP contribution in [0.1, 0.15) is 45.1 Å². The zero-order valence-electron chi connectivity index (χ0n) is 16.3. The van der Waals surface area contributed by atoms with Crippen LogP contribution in [0.5, 0.6) is 0 Å². The average Bonchev–Trinajstić information content (AvgIpc) is 3.19. The number of ether oxygens (including phenoxy) is 2. The van der Waals surface area contributed by atoms with E-state index in [9.17, 15) is 14.0 Å². The summed E-state index contributed by atoms with van der Waals surface area (Å²) in [6, 6.07) is 5.98. The number of esters is 1. The number of rotatable bonds is 7. The molecule has 0 aliphatic heterocycles. The Morgan fingerprint density at radius 3 is 2.68 bits per heavy atom. The molecule has 148 valence electrons. The van der Waals surface area contributed by atoms with Gasteiger partial charge < -0.3 is 19.0 Å². The van der Waals surface area contributed by atoms with E-state index in [0.29, 0.717) is 23.1 Å². The van der Waals surface area contributed by atoms with Gasteiger partial charge in [0.2, 0.25) is 5.78 Å². The van der Waals surface area contributed by atoms with Crippen molar-refractivity contribution in [1.29, 1.82) is 0 Å². The summed E-state index contributed by atoms with van der Waals surface area (Å²) < 4.78 is 25.9. The molecule has 0 aliphatic carbocycles. The normalized spacial score (nSPS) is 12.3.